The van der Waals surface area contributed by atoms with Gasteiger partial charge < -0.3 is 20.6 Å². The topological polar surface area (TPSA) is 120 Å². The van der Waals surface area contributed by atoms with Gasteiger partial charge in [-0.15, -0.1) is 24.8 Å². The van der Waals surface area contributed by atoms with Crippen LogP contribution in [0, 0.1) is 6.92 Å². The summed E-state index contributed by atoms with van der Waals surface area (Å²) in [5.74, 6) is -0.0942. The molecule has 3 N–H and O–H groups in total. The molecular weight excluding hydrogens is 463 g/mol. The van der Waals surface area contributed by atoms with E-state index in [1.807, 2.05) is 37.3 Å². The van der Waals surface area contributed by atoms with Gasteiger partial charge in [-0.05, 0) is 36.8 Å². The molecule has 0 aliphatic heterocycles. The Labute approximate surface area is 195 Å². The number of anilines is 3. The lowest BCUT2D eigenvalue weighted by atomic mass is 10.3. The fourth-order valence-electron chi connectivity index (χ4n) is 2.45. The van der Waals surface area contributed by atoms with Crippen LogP contribution in [0.3, 0.4) is 0 Å². The zero-order valence-electron chi connectivity index (χ0n) is 16.7. The second-order valence-electron chi connectivity index (χ2n) is 6.29. The molecule has 0 aromatic carbocycles. The standard InChI is InChI=1S/C19H20N6O3S.2ClH/c1-12-6-7-20-16(8-12)24-15-5-3-4-13(23-15)14-9-22-19(29-14)25(2)11-17(26)21-10-18(27)28;;/h3-9H,10-11H2,1-2H3,(H,21,26)(H,27,28)(H,20,23,24);2*1H. The lowest BCUT2D eigenvalue weighted by molar-refractivity contribution is -0.137. The second kappa shape index (κ2) is 12.0. The van der Waals surface area contributed by atoms with Crippen LogP contribution in [0.15, 0.2) is 42.7 Å². The highest BCUT2D eigenvalue weighted by molar-refractivity contribution is 7.18. The van der Waals surface area contributed by atoms with Crippen LogP contribution in [-0.2, 0) is 9.59 Å². The van der Waals surface area contributed by atoms with Crippen LogP contribution in [0.1, 0.15) is 5.56 Å². The molecule has 3 rings (SSSR count). The van der Waals surface area contributed by atoms with Gasteiger partial charge in [0.1, 0.15) is 18.2 Å². The largest absolute Gasteiger partial charge is 0.480 e. The Morgan fingerprint density at radius 1 is 1.16 bits per heavy atom. The summed E-state index contributed by atoms with van der Waals surface area (Å²) in [4.78, 5) is 38.0. The first kappa shape index (κ1) is 26.1. The first-order valence-electron chi connectivity index (χ1n) is 8.73. The molecule has 0 bridgehead atoms. The molecule has 0 unspecified atom stereocenters. The van der Waals surface area contributed by atoms with Crippen LogP contribution >= 0.6 is 36.2 Å². The number of amides is 1. The first-order valence-corrected chi connectivity index (χ1v) is 9.55. The third-order valence-corrected chi connectivity index (χ3v) is 4.94. The number of nitrogens with one attached hydrogen (secondary N) is 2. The van der Waals surface area contributed by atoms with Gasteiger partial charge in [0, 0.05) is 19.4 Å². The maximum atomic E-state index is 11.8. The average Bonchev–Trinajstić information content (AvgIpc) is 3.17. The van der Waals surface area contributed by atoms with E-state index in [2.05, 4.69) is 25.6 Å². The van der Waals surface area contributed by atoms with Gasteiger partial charge in [-0.25, -0.2) is 15.0 Å². The van der Waals surface area contributed by atoms with E-state index in [0.717, 1.165) is 16.1 Å². The molecule has 0 atom stereocenters. The molecule has 0 saturated heterocycles. The van der Waals surface area contributed by atoms with Gasteiger partial charge in [-0.1, -0.05) is 17.4 Å². The van der Waals surface area contributed by atoms with E-state index >= 15 is 0 Å². The van der Waals surface area contributed by atoms with Crippen LogP contribution in [0.2, 0.25) is 0 Å². The number of aryl methyl sites for hydroxylation is 1. The number of likely N-dealkylation sites (N-methyl/N-ethyl adjacent to an activating group) is 1. The molecule has 0 radical (unpaired) electrons. The Morgan fingerprint density at radius 3 is 2.65 bits per heavy atom. The second-order valence-corrected chi connectivity index (χ2v) is 7.29. The predicted octanol–water partition coefficient (Wildman–Crippen LogP) is 3.13. The molecule has 166 valence electrons. The van der Waals surface area contributed by atoms with Crippen molar-refractivity contribution in [3.8, 4) is 10.6 Å². The number of carbonyl (C=O) groups is 2. The molecule has 1 amide bonds. The lowest BCUT2D eigenvalue weighted by Gasteiger charge is -2.14. The maximum absolute atomic E-state index is 11.8. The quantitative estimate of drug-likeness (QED) is 0.445. The Kier molecular flexibility index (Phi) is 10.1. The predicted molar refractivity (Wildman–Crippen MR) is 126 cm³/mol. The summed E-state index contributed by atoms with van der Waals surface area (Å²) >= 11 is 1.39. The van der Waals surface area contributed by atoms with Crippen molar-refractivity contribution >= 4 is 64.8 Å². The minimum atomic E-state index is -1.09. The first-order chi connectivity index (χ1) is 13.9. The average molecular weight is 485 g/mol. The fraction of sp³-hybridized carbons (Fsp3) is 0.211. The van der Waals surface area contributed by atoms with Gasteiger partial charge in [0.2, 0.25) is 5.91 Å². The van der Waals surface area contributed by atoms with E-state index in [1.54, 1.807) is 24.3 Å². The molecule has 0 aliphatic rings. The minimum absolute atomic E-state index is 0. The zero-order valence-corrected chi connectivity index (χ0v) is 19.2. The molecule has 3 aromatic heterocycles. The minimum Gasteiger partial charge on any atom is -0.480 e. The van der Waals surface area contributed by atoms with Crippen LogP contribution in [0.4, 0.5) is 16.8 Å². The van der Waals surface area contributed by atoms with E-state index in [9.17, 15) is 9.59 Å². The summed E-state index contributed by atoms with van der Waals surface area (Å²) in [5.41, 5.74) is 1.84. The van der Waals surface area contributed by atoms with Crippen molar-refractivity contribution in [2.24, 2.45) is 0 Å². The van der Waals surface area contributed by atoms with Crippen molar-refractivity contribution < 1.29 is 14.7 Å². The number of carboxylic acid groups (broad SMARTS) is 1. The Morgan fingerprint density at radius 2 is 1.94 bits per heavy atom. The molecule has 0 saturated carbocycles. The van der Waals surface area contributed by atoms with E-state index in [0.29, 0.717) is 16.8 Å². The van der Waals surface area contributed by atoms with Crippen molar-refractivity contribution in [3.05, 3.63) is 48.3 Å². The molecule has 0 aliphatic carbocycles. The highest BCUT2D eigenvalue weighted by atomic mass is 35.5. The third kappa shape index (κ3) is 7.67. The number of nitrogens with zero attached hydrogens (tertiary/aromatic N) is 4. The smallest absolute Gasteiger partial charge is 0.322 e. The maximum Gasteiger partial charge on any atom is 0.322 e. The van der Waals surface area contributed by atoms with E-state index in [4.69, 9.17) is 5.11 Å². The molecule has 31 heavy (non-hydrogen) atoms. The van der Waals surface area contributed by atoms with Gasteiger partial charge >= 0.3 is 5.97 Å². The number of hydrogen-bond acceptors (Lipinski definition) is 8. The van der Waals surface area contributed by atoms with Crippen molar-refractivity contribution in [2.45, 2.75) is 6.92 Å². The summed E-state index contributed by atoms with van der Waals surface area (Å²) in [6, 6.07) is 9.48. The van der Waals surface area contributed by atoms with Crippen molar-refractivity contribution in [2.75, 3.05) is 30.4 Å². The third-order valence-electron chi connectivity index (χ3n) is 3.81. The molecule has 12 heteroatoms. The number of thiazole rings is 1. The SMILES string of the molecule is Cc1ccnc(Nc2cccc(-c3cnc(N(C)CC(=O)NCC(=O)O)s3)n2)c1.Cl.Cl. The van der Waals surface area contributed by atoms with E-state index in [-0.39, 0.29) is 37.3 Å². The van der Waals surface area contributed by atoms with Crippen LogP contribution in [0.25, 0.3) is 10.6 Å². The number of aromatic nitrogens is 3. The summed E-state index contributed by atoms with van der Waals surface area (Å²) in [5, 5.41) is 14.8. The van der Waals surface area contributed by atoms with Crippen molar-refractivity contribution in [1.82, 2.24) is 20.3 Å². The normalized spacial score (nSPS) is 9.74. The number of aliphatic carboxylic acids is 1. The van der Waals surface area contributed by atoms with Gasteiger partial charge in [0.05, 0.1) is 17.1 Å². The zero-order chi connectivity index (χ0) is 20.8. The molecule has 3 aromatic rings. The Hall–Kier alpha value is -2.95. The summed E-state index contributed by atoms with van der Waals surface area (Å²) in [7, 11) is 1.72. The fourth-order valence-corrected chi connectivity index (χ4v) is 3.30. The van der Waals surface area contributed by atoms with Gasteiger partial charge in [-0.2, -0.15) is 0 Å². The molecule has 3 heterocycles. The summed E-state index contributed by atoms with van der Waals surface area (Å²) < 4.78 is 0. The lowest BCUT2D eigenvalue weighted by Crippen LogP contribution is -2.37. The van der Waals surface area contributed by atoms with Crippen LogP contribution in [-0.4, -0.2) is 52.1 Å². The monoisotopic (exact) mass is 484 g/mol. The van der Waals surface area contributed by atoms with Crippen LogP contribution in [0.5, 0.6) is 0 Å². The highest BCUT2D eigenvalue weighted by Gasteiger charge is 2.13. The van der Waals surface area contributed by atoms with E-state index < -0.39 is 12.5 Å². The Bertz CT molecular complexity index is 1030. The number of halogens is 2. The van der Waals surface area contributed by atoms with Crippen molar-refractivity contribution in [1.29, 1.82) is 0 Å². The molecule has 0 fully saturated rings. The number of pyridine rings is 2. The number of carbonyl (C=O) groups excluding carboxylic acids is 1. The number of carboxylic acids is 1. The number of rotatable bonds is 8. The highest BCUT2D eigenvalue weighted by Crippen LogP contribution is 2.30. The molecule has 0 spiro atoms. The van der Waals surface area contributed by atoms with Crippen LogP contribution < -0.4 is 15.5 Å². The number of hydrogen-bond donors (Lipinski definition) is 3. The van der Waals surface area contributed by atoms with Gasteiger partial charge in [-0.3, -0.25) is 9.59 Å². The summed E-state index contributed by atoms with van der Waals surface area (Å²) in [6.07, 6.45) is 3.43. The molecular formula is C19H22Cl2N6O3S. The summed E-state index contributed by atoms with van der Waals surface area (Å²) in [6.45, 7) is 1.59. The molecule has 9 nitrogen and oxygen atoms in total. The Balaban J connectivity index is 0.00000240. The van der Waals surface area contributed by atoms with Gasteiger partial charge in [0.15, 0.2) is 5.13 Å². The van der Waals surface area contributed by atoms with E-state index in [1.165, 1.54) is 11.3 Å². The van der Waals surface area contributed by atoms with Crippen molar-refractivity contribution in [3.63, 3.8) is 0 Å². The van der Waals surface area contributed by atoms with Gasteiger partial charge in [0.25, 0.3) is 0 Å².